The van der Waals surface area contributed by atoms with Crippen LogP contribution in [-0.2, 0) is 4.79 Å². The summed E-state index contributed by atoms with van der Waals surface area (Å²) in [4.78, 5) is 41.8. The van der Waals surface area contributed by atoms with Gasteiger partial charge in [0.05, 0.1) is 31.9 Å². The highest BCUT2D eigenvalue weighted by Crippen LogP contribution is 2.28. The van der Waals surface area contributed by atoms with Crippen molar-refractivity contribution in [3.8, 4) is 5.69 Å². The number of hydrogen-bond donors (Lipinski definition) is 2. The van der Waals surface area contributed by atoms with Crippen LogP contribution in [0, 0.1) is 0 Å². The van der Waals surface area contributed by atoms with E-state index < -0.39 is 17.2 Å². The highest BCUT2D eigenvalue weighted by molar-refractivity contribution is 8.00. The number of para-hydroxylation sites is 1. The molecular formula is C20H18Cl2N4O3S. The molecule has 0 saturated carbocycles. The summed E-state index contributed by atoms with van der Waals surface area (Å²) >= 11 is 13.2. The Kier molecular flexibility index (Phi) is 7.02. The van der Waals surface area contributed by atoms with Crippen molar-refractivity contribution in [2.45, 2.75) is 24.3 Å². The minimum Gasteiger partial charge on any atom is -0.338 e. The Morgan fingerprint density at radius 2 is 1.90 bits per heavy atom. The Morgan fingerprint density at radius 3 is 2.60 bits per heavy atom. The molecule has 2 aromatic carbocycles. The van der Waals surface area contributed by atoms with Gasteiger partial charge in [0.15, 0.2) is 5.16 Å². The summed E-state index contributed by atoms with van der Waals surface area (Å²) in [5, 5.41) is 5.41. The normalized spacial score (nSPS) is 11.9. The van der Waals surface area contributed by atoms with E-state index in [9.17, 15) is 14.4 Å². The van der Waals surface area contributed by atoms with Crippen LogP contribution in [0.4, 0.5) is 4.79 Å². The molecule has 3 amide bonds. The summed E-state index contributed by atoms with van der Waals surface area (Å²) in [5.74, 6) is -0.506. The zero-order chi connectivity index (χ0) is 21.8. The largest absolute Gasteiger partial charge is 0.338 e. The van der Waals surface area contributed by atoms with Gasteiger partial charge in [0.2, 0.25) is 5.91 Å². The van der Waals surface area contributed by atoms with Crippen molar-refractivity contribution < 1.29 is 9.59 Å². The van der Waals surface area contributed by atoms with Gasteiger partial charge < -0.3 is 5.32 Å². The first-order chi connectivity index (χ1) is 14.3. The van der Waals surface area contributed by atoms with Crippen molar-refractivity contribution >= 4 is 57.8 Å². The molecule has 3 aromatic rings. The number of nitrogens with one attached hydrogen (secondary N) is 2. The summed E-state index contributed by atoms with van der Waals surface area (Å²) in [6.07, 6.45) is 0. The predicted molar refractivity (Wildman–Crippen MR) is 120 cm³/mol. The smallest absolute Gasteiger partial charge is 0.321 e. The molecule has 0 saturated heterocycles. The fourth-order valence-corrected chi connectivity index (χ4v) is 3.89. The molecule has 156 valence electrons. The van der Waals surface area contributed by atoms with Gasteiger partial charge in [-0.25, -0.2) is 9.78 Å². The van der Waals surface area contributed by atoms with Crippen LogP contribution in [0.25, 0.3) is 16.6 Å². The van der Waals surface area contributed by atoms with Gasteiger partial charge >= 0.3 is 6.03 Å². The maximum absolute atomic E-state index is 13.2. The van der Waals surface area contributed by atoms with E-state index >= 15 is 0 Å². The van der Waals surface area contributed by atoms with Gasteiger partial charge in [-0.3, -0.25) is 19.5 Å². The van der Waals surface area contributed by atoms with Crippen molar-refractivity contribution in [2.75, 3.05) is 6.54 Å². The second-order valence-corrected chi connectivity index (χ2v) is 8.38. The van der Waals surface area contributed by atoms with Crippen LogP contribution in [-0.4, -0.2) is 33.3 Å². The topological polar surface area (TPSA) is 93.1 Å². The third-order valence-corrected chi connectivity index (χ3v) is 5.92. The van der Waals surface area contributed by atoms with E-state index in [1.165, 1.54) is 4.57 Å². The first-order valence-corrected chi connectivity index (χ1v) is 10.7. The SMILES string of the molecule is CCNC(=O)NC(=O)[C@H](C)Sc1nc2ccccc2c(=O)n1-c1ccc(Cl)c(Cl)c1. The lowest BCUT2D eigenvalue weighted by atomic mass is 10.2. The van der Waals surface area contributed by atoms with Crippen LogP contribution in [0.5, 0.6) is 0 Å². The lowest BCUT2D eigenvalue weighted by Gasteiger charge is -2.16. The number of amides is 3. The lowest BCUT2D eigenvalue weighted by Crippen LogP contribution is -2.42. The Hall–Kier alpha value is -2.55. The molecule has 0 aliphatic heterocycles. The van der Waals surface area contributed by atoms with Crippen LogP contribution >= 0.6 is 35.0 Å². The number of carbonyl (C=O) groups is 2. The van der Waals surface area contributed by atoms with E-state index in [2.05, 4.69) is 15.6 Å². The van der Waals surface area contributed by atoms with Crippen LogP contribution in [0.15, 0.2) is 52.4 Å². The summed E-state index contributed by atoms with van der Waals surface area (Å²) in [6, 6.07) is 11.1. The highest BCUT2D eigenvalue weighted by Gasteiger charge is 2.22. The standard InChI is InChI=1S/C20H18Cl2N4O3S/c1-3-23-19(29)25-17(27)11(2)30-20-24-16-7-5-4-6-13(16)18(28)26(20)12-8-9-14(21)15(22)10-12/h4-11H,3H2,1-2H3,(H2,23,25,27,29)/t11-/m0/s1. The molecular weight excluding hydrogens is 447 g/mol. The Labute approximate surface area is 186 Å². The van der Waals surface area contributed by atoms with Crippen molar-refractivity contribution in [1.29, 1.82) is 0 Å². The van der Waals surface area contributed by atoms with Crippen LogP contribution < -0.4 is 16.2 Å². The van der Waals surface area contributed by atoms with E-state index in [1.54, 1.807) is 56.3 Å². The number of rotatable bonds is 5. The van der Waals surface area contributed by atoms with Gasteiger partial charge in [0, 0.05) is 6.54 Å². The quantitative estimate of drug-likeness (QED) is 0.439. The molecule has 0 unspecified atom stereocenters. The highest BCUT2D eigenvalue weighted by atomic mass is 35.5. The Balaban J connectivity index is 2.06. The van der Waals surface area contributed by atoms with Gasteiger partial charge in [0.25, 0.3) is 5.56 Å². The monoisotopic (exact) mass is 464 g/mol. The molecule has 0 bridgehead atoms. The average molecular weight is 465 g/mol. The Morgan fingerprint density at radius 1 is 1.17 bits per heavy atom. The molecule has 2 N–H and O–H groups in total. The number of thioether (sulfide) groups is 1. The maximum Gasteiger partial charge on any atom is 0.321 e. The molecule has 0 radical (unpaired) electrons. The number of carbonyl (C=O) groups excluding carboxylic acids is 2. The minimum absolute atomic E-state index is 0.284. The van der Waals surface area contributed by atoms with E-state index in [4.69, 9.17) is 23.2 Å². The third-order valence-electron chi connectivity index (χ3n) is 4.13. The fourth-order valence-electron chi connectivity index (χ4n) is 2.67. The van der Waals surface area contributed by atoms with E-state index in [0.29, 0.717) is 28.2 Å². The average Bonchev–Trinajstić information content (AvgIpc) is 2.70. The van der Waals surface area contributed by atoms with E-state index in [0.717, 1.165) is 11.8 Å². The molecule has 30 heavy (non-hydrogen) atoms. The van der Waals surface area contributed by atoms with E-state index in [1.807, 2.05) is 0 Å². The zero-order valence-electron chi connectivity index (χ0n) is 16.1. The maximum atomic E-state index is 13.2. The number of fused-ring (bicyclic) bond motifs is 1. The second-order valence-electron chi connectivity index (χ2n) is 6.26. The molecule has 0 fully saturated rings. The molecule has 0 aliphatic carbocycles. The molecule has 1 heterocycles. The van der Waals surface area contributed by atoms with Gasteiger partial charge in [-0.2, -0.15) is 0 Å². The number of halogens is 2. The van der Waals surface area contributed by atoms with Gasteiger partial charge in [-0.1, -0.05) is 47.1 Å². The molecule has 1 atom stereocenters. The van der Waals surface area contributed by atoms with Gasteiger partial charge in [0.1, 0.15) is 0 Å². The van der Waals surface area contributed by atoms with Crippen LogP contribution in [0.1, 0.15) is 13.8 Å². The summed E-state index contributed by atoms with van der Waals surface area (Å²) in [6.45, 7) is 3.76. The van der Waals surface area contributed by atoms with E-state index in [-0.39, 0.29) is 15.7 Å². The number of hydrogen-bond acceptors (Lipinski definition) is 5. The zero-order valence-corrected chi connectivity index (χ0v) is 18.4. The molecule has 7 nitrogen and oxygen atoms in total. The second kappa shape index (κ2) is 9.51. The van der Waals surface area contributed by atoms with Crippen molar-refractivity contribution in [1.82, 2.24) is 20.2 Å². The van der Waals surface area contributed by atoms with Crippen LogP contribution in [0.2, 0.25) is 10.0 Å². The Bertz CT molecular complexity index is 1180. The van der Waals surface area contributed by atoms with Crippen molar-refractivity contribution in [2.24, 2.45) is 0 Å². The first kappa shape index (κ1) is 22.1. The summed E-state index contributed by atoms with van der Waals surface area (Å²) in [7, 11) is 0. The summed E-state index contributed by atoms with van der Waals surface area (Å²) < 4.78 is 1.38. The number of imide groups is 1. The van der Waals surface area contributed by atoms with Crippen molar-refractivity contribution in [3.05, 3.63) is 62.9 Å². The number of benzene rings is 2. The van der Waals surface area contributed by atoms with Crippen molar-refractivity contribution in [3.63, 3.8) is 0 Å². The minimum atomic E-state index is -0.699. The molecule has 0 aliphatic rings. The number of aromatic nitrogens is 2. The van der Waals surface area contributed by atoms with Gasteiger partial charge in [-0.05, 0) is 44.2 Å². The van der Waals surface area contributed by atoms with Gasteiger partial charge in [-0.15, -0.1) is 0 Å². The molecule has 1 aromatic heterocycles. The number of urea groups is 1. The lowest BCUT2D eigenvalue weighted by molar-refractivity contribution is -0.119. The fraction of sp³-hybridized carbons (Fsp3) is 0.200. The first-order valence-electron chi connectivity index (χ1n) is 9.04. The molecule has 10 heteroatoms. The molecule has 3 rings (SSSR count). The van der Waals surface area contributed by atoms with Crippen LogP contribution in [0.3, 0.4) is 0 Å². The third kappa shape index (κ3) is 4.77. The molecule has 0 spiro atoms. The number of nitrogens with zero attached hydrogens (tertiary/aromatic N) is 2. The summed E-state index contributed by atoms with van der Waals surface area (Å²) in [5.41, 5.74) is 0.655. The predicted octanol–water partition coefficient (Wildman–Crippen LogP) is 4.02.